The van der Waals surface area contributed by atoms with Gasteiger partial charge in [-0.15, -0.1) is 0 Å². The highest BCUT2D eigenvalue weighted by atomic mass is 35.5. The van der Waals surface area contributed by atoms with Gasteiger partial charge < -0.3 is 10.1 Å². The van der Waals surface area contributed by atoms with Crippen LogP contribution in [0.25, 0.3) is 11.1 Å². The fourth-order valence-electron chi connectivity index (χ4n) is 3.07. The van der Waals surface area contributed by atoms with E-state index in [2.05, 4.69) is 10.3 Å². The van der Waals surface area contributed by atoms with Crippen molar-refractivity contribution in [2.75, 3.05) is 0 Å². The molecule has 6 heteroatoms. The fourth-order valence-corrected chi connectivity index (χ4v) is 3.48. The van der Waals surface area contributed by atoms with Crippen LogP contribution in [0.3, 0.4) is 0 Å². The second-order valence-electron chi connectivity index (χ2n) is 5.99. The smallest absolute Gasteiger partial charge is 0.408 e. The zero-order chi connectivity index (χ0) is 18.1. The zero-order valence-electron chi connectivity index (χ0n) is 13.5. The third-order valence-corrected chi connectivity index (χ3v) is 4.88. The molecular formula is C20H14Cl2N2O2. The van der Waals surface area contributed by atoms with Gasteiger partial charge in [0.15, 0.2) is 6.10 Å². The summed E-state index contributed by atoms with van der Waals surface area (Å²) in [5.74, 6) is 0. The predicted molar refractivity (Wildman–Crippen MR) is 101 cm³/mol. The Kier molecular flexibility index (Phi) is 4.53. The minimum absolute atomic E-state index is 0.408. The summed E-state index contributed by atoms with van der Waals surface area (Å²) in [6, 6.07) is 16.6. The highest BCUT2D eigenvalue weighted by molar-refractivity contribution is 6.33. The Balaban J connectivity index is 1.74. The third-order valence-electron chi connectivity index (χ3n) is 4.30. The van der Waals surface area contributed by atoms with E-state index in [4.69, 9.17) is 27.9 Å². The Morgan fingerprint density at radius 2 is 1.77 bits per heavy atom. The molecule has 1 fully saturated rings. The summed E-state index contributed by atoms with van der Waals surface area (Å²) in [5, 5.41) is 3.86. The molecule has 0 radical (unpaired) electrons. The molecular weight excluding hydrogens is 371 g/mol. The lowest BCUT2D eigenvalue weighted by Gasteiger charge is -2.19. The van der Waals surface area contributed by atoms with Gasteiger partial charge in [-0.05, 0) is 35.4 Å². The van der Waals surface area contributed by atoms with Gasteiger partial charge in [-0.3, -0.25) is 4.98 Å². The number of alkyl carbamates (subject to hydrolysis) is 1. The van der Waals surface area contributed by atoms with Crippen LogP contribution < -0.4 is 5.32 Å². The van der Waals surface area contributed by atoms with Crippen LogP contribution in [0.1, 0.15) is 23.3 Å². The standard InChI is InChI=1S/C20H14Cl2N2O2/c21-15-6-7-17(22)16(9-15)19-18(24-20(25)26-19)14-8-13(10-23-11-14)12-4-2-1-3-5-12/h1-11,18-19H,(H,24,25)/t18-,19+/m0/s1. The number of carbonyl (C=O) groups excluding carboxylic acids is 1. The first kappa shape index (κ1) is 16.9. The number of ether oxygens (including phenoxy) is 1. The number of amides is 1. The number of cyclic esters (lactones) is 1. The number of pyridine rings is 1. The minimum atomic E-state index is -0.582. The molecule has 1 amide bonds. The SMILES string of the molecule is O=C1N[C@@H](c2cncc(-c3ccccc3)c2)[C@@H](c2cc(Cl)ccc2Cl)O1. The molecule has 2 atom stereocenters. The van der Waals surface area contributed by atoms with Gasteiger partial charge in [-0.25, -0.2) is 4.79 Å². The van der Waals surface area contributed by atoms with Crippen LogP contribution in [0, 0.1) is 0 Å². The molecule has 4 nitrogen and oxygen atoms in total. The summed E-state index contributed by atoms with van der Waals surface area (Å²) in [4.78, 5) is 16.3. The maximum atomic E-state index is 11.9. The Morgan fingerprint density at radius 3 is 2.58 bits per heavy atom. The monoisotopic (exact) mass is 384 g/mol. The lowest BCUT2D eigenvalue weighted by atomic mass is 9.95. The predicted octanol–water partition coefficient (Wildman–Crippen LogP) is 5.58. The molecule has 2 aromatic carbocycles. The summed E-state index contributed by atoms with van der Waals surface area (Å²) in [6.45, 7) is 0. The molecule has 0 saturated carbocycles. The van der Waals surface area contributed by atoms with Gasteiger partial charge >= 0.3 is 6.09 Å². The van der Waals surface area contributed by atoms with E-state index in [1.807, 2.05) is 36.4 Å². The number of hydrogen-bond acceptors (Lipinski definition) is 3. The number of carbonyl (C=O) groups is 1. The van der Waals surface area contributed by atoms with Crippen molar-refractivity contribution in [2.45, 2.75) is 12.1 Å². The molecule has 0 spiro atoms. The molecule has 1 aliphatic heterocycles. The molecule has 1 aromatic heterocycles. The molecule has 26 heavy (non-hydrogen) atoms. The van der Waals surface area contributed by atoms with E-state index < -0.39 is 18.2 Å². The van der Waals surface area contributed by atoms with Crippen molar-refractivity contribution >= 4 is 29.3 Å². The topological polar surface area (TPSA) is 51.2 Å². The Morgan fingerprint density at radius 1 is 0.962 bits per heavy atom. The van der Waals surface area contributed by atoms with Crippen LogP contribution in [0.4, 0.5) is 4.79 Å². The largest absolute Gasteiger partial charge is 0.439 e. The van der Waals surface area contributed by atoms with Crippen molar-refractivity contribution in [1.29, 1.82) is 0 Å². The molecule has 1 N–H and O–H groups in total. The fraction of sp³-hybridized carbons (Fsp3) is 0.100. The van der Waals surface area contributed by atoms with Crippen molar-refractivity contribution in [3.8, 4) is 11.1 Å². The first-order valence-corrected chi connectivity index (χ1v) is 8.80. The lowest BCUT2D eigenvalue weighted by molar-refractivity contribution is 0.132. The molecule has 3 aromatic rings. The second kappa shape index (κ2) is 6.98. The molecule has 2 heterocycles. The number of hydrogen-bond donors (Lipinski definition) is 1. The van der Waals surface area contributed by atoms with E-state index in [0.29, 0.717) is 15.6 Å². The van der Waals surface area contributed by atoms with Crippen molar-refractivity contribution in [1.82, 2.24) is 10.3 Å². The quantitative estimate of drug-likeness (QED) is 0.641. The van der Waals surface area contributed by atoms with Crippen molar-refractivity contribution in [3.05, 3.63) is 88.2 Å². The Bertz CT molecular complexity index is 963. The minimum Gasteiger partial charge on any atom is -0.439 e. The number of nitrogens with zero attached hydrogens (tertiary/aromatic N) is 1. The number of aromatic nitrogens is 1. The van der Waals surface area contributed by atoms with Crippen molar-refractivity contribution < 1.29 is 9.53 Å². The average Bonchev–Trinajstić information content (AvgIpc) is 3.06. The average molecular weight is 385 g/mol. The van der Waals surface area contributed by atoms with E-state index >= 15 is 0 Å². The molecule has 1 aliphatic rings. The van der Waals surface area contributed by atoms with E-state index in [9.17, 15) is 4.79 Å². The van der Waals surface area contributed by atoms with E-state index in [-0.39, 0.29) is 0 Å². The van der Waals surface area contributed by atoms with Gasteiger partial charge in [0.1, 0.15) is 6.04 Å². The van der Waals surface area contributed by atoms with Crippen LogP contribution in [0.5, 0.6) is 0 Å². The van der Waals surface area contributed by atoms with Crippen molar-refractivity contribution in [2.24, 2.45) is 0 Å². The first-order chi connectivity index (χ1) is 12.6. The van der Waals surface area contributed by atoms with Gasteiger partial charge in [0.05, 0.1) is 0 Å². The summed E-state index contributed by atoms with van der Waals surface area (Å²) >= 11 is 12.4. The van der Waals surface area contributed by atoms with E-state index in [0.717, 1.165) is 16.7 Å². The van der Waals surface area contributed by atoms with Gasteiger partial charge in [-0.1, -0.05) is 53.5 Å². The first-order valence-electron chi connectivity index (χ1n) is 8.04. The molecule has 0 aliphatic carbocycles. The number of halogens is 2. The molecule has 130 valence electrons. The second-order valence-corrected chi connectivity index (χ2v) is 6.83. The molecule has 0 bridgehead atoms. The molecule has 1 saturated heterocycles. The van der Waals surface area contributed by atoms with Gasteiger partial charge in [0.25, 0.3) is 0 Å². The van der Waals surface area contributed by atoms with Crippen molar-refractivity contribution in [3.63, 3.8) is 0 Å². The highest BCUT2D eigenvalue weighted by Gasteiger charge is 2.38. The van der Waals surface area contributed by atoms with E-state index in [1.54, 1.807) is 30.6 Å². The molecule has 4 rings (SSSR count). The van der Waals surface area contributed by atoms with Crippen LogP contribution in [0.15, 0.2) is 67.0 Å². The van der Waals surface area contributed by atoms with Crippen LogP contribution in [0.2, 0.25) is 10.0 Å². The number of benzene rings is 2. The summed E-state index contributed by atoms with van der Waals surface area (Å²) < 4.78 is 5.47. The Hall–Kier alpha value is -2.56. The van der Waals surface area contributed by atoms with Crippen LogP contribution in [-0.4, -0.2) is 11.1 Å². The van der Waals surface area contributed by atoms with Gasteiger partial charge in [-0.2, -0.15) is 0 Å². The third kappa shape index (κ3) is 3.26. The normalized spacial score (nSPS) is 19.1. The van der Waals surface area contributed by atoms with Gasteiger partial charge in [0, 0.05) is 33.6 Å². The van der Waals surface area contributed by atoms with Gasteiger partial charge in [0.2, 0.25) is 0 Å². The summed E-state index contributed by atoms with van der Waals surface area (Å²) in [5.41, 5.74) is 3.50. The zero-order valence-corrected chi connectivity index (χ0v) is 15.0. The van der Waals surface area contributed by atoms with E-state index in [1.165, 1.54) is 0 Å². The van der Waals surface area contributed by atoms with Crippen LogP contribution >= 0.6 is 23.2 Å². The summed E-state index contributed by atoms with van der Waals surface area (Å²) in [6.07, 6.45) is 2.43. The molecule has 0 unspecified atom stereocenters. The summed E-state index contributed by atoms with van der Waals surface area (Å²) in [7, 11) is 0. The highest BCUT2D eigenvalue weighted by Crippen LogP contribution is 2.41. The number of rotatable bonds is 3. The maximum Gasteiger partial charge on any atom is 0.408 e. The maximum absolute atomic E-state index is 11.9. The lowest BCUT2D eigenvalue weighted by Crippen LogP contribution is -2.20. The number of nitrogens with one attached hydrogen (secondary N) is 1. The Labute approximate surface area is 160 Å². The van der Waals surface area contributed by atoms with Crippen LogP contribution in [-0.2, 0) is 4.74 Å².